The van der Waals surface area contributed by atoms with Gasteiger partial charge in [0.05, 0.1) is 11.3 Å². The molecule has 0 saturated carbocycles. The number of thioether (sulfide) groups is 1. The first kappa shape index (κ1) is 15.9. The van der Waals surface area contributed by atoms with Gasteiger partial charge in [-0.1, -0.05) is 0 Å². The van der Waals surface area contributed by atoms with Crippen LogP contribution >= 0.6 is 11.8 Å². The maximum atomic E-state index is 13.9. The number of hydrogen-bond acceptors (Lipinski definition) is 3. The van der Waals surface area contributed by atoms with Gasteiger partial charge in [-0.15, -0.1) is 0 Å². The molecule has 3 N–H and O–H groups in total. The summed E-state index contributed by atoms with van der Waals surface area (Å²) in [5.41, 5.74) is 0.0141. The third-order valence-electron chi connectivity index (χ3n) is 3.75. The predicted octanol–water partition coefficient (Wildman–Crippen LogP) is 2.61. The molecule has 5 nitrogen and oxygen atoms in total. The van der Waals surface area contributed by atoms with E-state index < -0.39 is 11.6 Å². The van der Waals surface area contributed by atoms with Gasteiger partial charge in [0.15, 0.2) is 0 Å². The lowest BCUT2D eigenvalue weighted by Crippen LogP contribution is -2.44. The molecule has 122 valence electrons. The minimum Gasteiger partial charge on any atom is -0.387 e. The summed E-state index contributed by atoms with van der Waals surface area (Å²) < 4.78 is 15.5. The van der Waals surface area contributed by atoms with Crippen LogP contribution in [0.4, 0.5) is 14.9 Å². The maximum absolute atomic E-state index is 13.9. The van der Waals surface area contributed by atoms with Crippen LogP contribution in [-0.2, 0) is 0 Å². The van der Waals surface area contributed by atoms with Gasteiger partial charge >= 0.3 is 6.03 Å². The third-order valence-corrected chi connectivity index (χ3v) is 4.98. The van der Waals surface area contributed by atoms with Crippen LogP contribution < -0.4 is 10.6 Å². The maximum Gasteiger partial charge on any atom is 0.319 e. The van der Waals surface area contributed by atoms with Crippen LogP contribution in [0.1, 0.15) is 6.42 Å². The fraction of sp³-hybridized carbons (Fsp3) is 0.312. The Kier molecular flexibility index (Phi) is 4.58. The molecule has 1 aromatic heterocycles. The Bertz CT molecular complexity index is 685. The Hall–Kier alpha value is -1.99. The third kappa shape index (κ3) is 3.86. The Morgan fingerprint density at radius 1 is 1.39 bits per heavy atom. The first-order valence-electron chi connectivity index (χ1n) is 7.34. The molecule has 1 unspecified atom stereocenters. The van der Waals surface area contributed by atoms with Gasteiger partial charge in [0.25, 0.3) is 0 Å². The van der Waals surface area contributed by atoms with Crippen LogP contribution in [0, 0.1) is 5.82 Å². The molecule has 1 fully saturated rings. The molecule has 3 rings (SSSR count). The monoisotopic (exact) mass is 335 g/mol. The molecule has 1 saturated heterocycles. The molecule has 1 aromatic carbocycles. The Morgan fingerprint density at radius 3 is 2.87 bits per heavy atom. The first-order chi connectivity index (χ1) is 11.1. The molecule has 0 bridgehead atoms. The van der Waals surface area contributed by atoms with Crippen LogP contribution in [0.25, 0.3) is 5.69 Å². The zero-order chi connectivity index (χ0) is 16.3. The fourth-order valence-corrected chi connectivity index (χ4v) is 3.73. The van der Waals surface area contributed by atoms with E-state index >= 15 is 0 Å². The largest absolute Gasteiger partial charge is 0.387 e. The summed E-state index contributed by atoms with van der Waals surface area (Å²) in [4.78, 5) is 12.0. The van der Waals surface area contributed by atoms with Gasteiger partial charge in [0.2, 0.25) is 0 Å². The molecule has 0 spiro atoms. The van der Waals surface area contributed by atoms with Crippen molar-refractivity contribution >= 4 is 23.5 Å². The number of nitrogens with zero attached hydrogens (tertiary/aromatic N) is 1. The summed E-state index contributed by atoms with van der Waals surface area (Å²) in [6, 6.07) is 7.56. The van der Waals surface area contributed by atoms with E-state index in [-0.39, 0.29) is 12.4 Å². The fourth-order valence-electron chi connectivity index (χ4n) is 2.44. The minimum atomic E-state index is -0.832. The van der Waals surface area contributed by atoms with E-state index in [1.165, 1.54) is 12.1 Å². The summed E-state index contributed by atoms with van der Waals surface area (Å²) in [6.07, 6.45) is 4.14. The van der Waals surface area contributed by atoms with Crippen molar-refractivity contribution in [3.8, 4) is 5.69 Å². The molecule has 2 heterocycles. The van der Waals surface area contributed by atoms with E-state index in [1.54, 1.807) is 46.9 Å². The number of amides is 2. The molecule has 0 radical (unpaired) electrons. The van der Waals surface area contributed by atoms with Crippen LogP contribution in [0.3, 0.4) is 0 Å². The van der Waals surface area contributed by atoms with E-state index in [0.29, 0.717) is 23.5 Å². The molecule has 0 aliphatic carbocycles. The SMILES string of the molecule is O=C(NCC1(O)CCSC1)Nc1ccc(F)c(-n2cccc2)c1. The van der Waals surface area contributed by atoms with Crippen LogP contribution in [0.5, 0.6) is 0 Å². The molecular formula is C16H18FN3O2S. The zero-order valence-electron chi connectivity index (χ0n) is 12.5. The normalized spacial score (nSPS) is 20.4. The highest BCUT2D eigenvalue weighted by atomic mass is 32.2. The average molecular weight is 335 g/mol. The number of aliphatic hydroxyl groups is 1. The molecule has 1 aliphatic heterocycles. The second kappa shape index (κ2) is 6.64. The average Bonchev–Trinajstić information content (AvgIpc) is 3.19. The molecule has 2 aromatic rings. The molecular weight excluding hydrogens is 317 g/mol. The molecule has 23 heavy (non-hydrogen) atoms. The van der Waals surface area contributed by atoms with Crippen molar-refractivity contribution in [2.24, 2.45) is 0 Å². The van der Waals surface area contributed by atoms with Gasteiger partial charge in [-0.3, -0.25) is 0 Å². The van der Waals surface area contributed by atoms with Crippen molar-refractivity contribution in [3.05, 3.63) is 48.5 Å². The van der Waals surface area contributed by atoms with E-state index in [4.69, 9.17) is 0 Å². The minimum absolute atomic E-state index is 0.206. The van der Waals surface area contributed by atoms with Crippen molar-refractivity contribution in [1.82, 2.24) is 9.88 Å². The number of urea groups is 1. The summed E-state index contributed by atoms with van der Waals surface area (Å²) in [5, 5.41) is 15.5. The summed E-state index contributed by atoms with van der Waals surface area (Å²) >= 11 is 1.67. The second-order valence-electron chi connectivity index (χ2n) is 5.59. The Labute approximate surface area is 137 Å². The standard InChI is InChI=1S/C16H18FN3O2S/c17-13-4-3-12(9-14(13)20-6-1-2-7-20)19-15(21)18-10-16(22)5-8-23-11-16/h1-4,6-7,9,22H,5,8,10-11H2,(H2,18,19,21). The summed E-state index contributed by atoms with van der Waals surface area (Å²) in [6.45, 7) is 0.206. The summed E-state index contributed by atoms with van der Waals surface area (Å²) in [7, 11) is 0. The molecule has 2 amide bonds. The van der Waals surface area contributed by atoms with E-state index in [0.717, 1.165) is 5.75 Å². The molecule has 1 atom stereocenters. The highest BCUT2D eigenvalue weighted by Gasteiger charge is 2.31. The zero-order valence-corrected chi connectivity index (χ0v) is 13.3. The predicted molar refractivity (Wildman–Crippen MR) is 89.6 cm³/mol. The van der Waals surface area contributed by atoms with E-state index in [1.807, 2.05) is 0 Å². The van der Waals surface area contributed by atoms with Crippen LogP contribution in [0.2, 0.25) is 0 Å². The van der Waals surface area contributed by atoms with Crippen molar-refractivity contribution < 1.29 is 14.3 Å². The number of hydrogen-bond donors (Lipinski definition) is 3. The van der Waals surface area contributed by atoms with E-state index in [9.17, 15) is 14.3 Å². The lowest BCUT2D eigenvalue weighted by atomic mass is 10.0. The Morgan fingerprint density at radius 2 is 2.17 bits per heavy atom. The van der Waals surface area contributed by atoms with E-state index in [2.05, 4.69) is 10.6 Å². The van der Waals surface area contributed by atoms with Gasteiger partial charge in [-0.05, 0) is 42.5 Å². The van der Waals surface area contributed by atoms with Crippen molar-refractivity contribution in [3.63, 3.8) is 0 Å². The second-order valence-corrected chi connectivity index (χ2v) is 6.70. The molecule has 7 heteroatoms. The molecule has 1 aliphatic rings. The lowest BCUT2D eigenvalue weighted by molar-refractivity contribution is 0.0706. The highest BCUT2D eigenvalue weighted by Crippen LogP contribution is 2.27. The van der Waals surface area contributed by atoms with Crippen molar-refractivity contribution in [1.29, 1.82) is 0 Å². The number of benzene rings is 1. The quantitative estimate of drug-likeness (QED) is 0.805. The number of rotatable bonds is 4. The first-order valence-corrected chi connectivity index (χ1v) is 8.49. The number of carbonyl (C=O) groups is 1. The number of halogens is 1. The summed E-state index contributed by atoms with van der Waals surface area (Å²) in [5.74, 6) is 1.16. The van der Waals surface area contributed by atoms with Gasteiger partial charge in [-0.2, -0.15) is 11.8 Å². The van der Waals surface area contributed by atoms with Gasteiger partial charge < -0.3 is 20.3 Å². The number of aromatic nitrogens is 1. The van der Waals surface area contributed by atoms with Crippen molar-refractivity contribution in [2.45, 2.75) is 12.0 Å². The van der Waals surface area contributed by atoms with Crippen LogP contribution in [-0.4, -0.2) is 39.4 Å². The van der Waals surface area contributed by atoms with Crippen molar-refractivity contribution in [2.75, 3.05) is 23.4 Å². The number of anilines is 1. The lowest BCUT2D eigenvalue weighted by Gasteiger charge is -2.21. The van der Waals surface area contributed by atoms with Gasteiger partial charge in [0, 0.05) is 30.4 Å². The van der Waals surface area contributed by atoms with Crippen LogP contribution in [0.15, 0.2) is 42.7 Å². The smallest absolute Gasteiger partial charge is 0.319 e. The Balaban J connectivity index is 1.63. The highest BCUT2D eigenvalue weighted by molar-refractivity contribution is 7.99. The number of nitrogens with one attached hydrogen (secondary N) is 2. The topological polar surface area (TPSA) is 66.3 Å². The van der Waals surface area contributed by atoms with Gasteiger partial charge in [0.1, 0.15) is 5.82 Å². The van der Waals surface area contributed by atoms with Gasteiger partial charge in [-0.25, -0.2) is 9.18 Å². The number of carbonyl (C=O) groups excluding carboxylic acids is 1.